The number of benzene rings is 2. The zero-order chi connectivity index (χ0) is 19.5. The van der Waals surface area contributed by atoms with Crippen LogP contribution in [-0.4, -0.2) is 33.0 Å². The van der Waals surface area contributed by atoms with Crippen LogP contribution in [0.2, 0.25) is 0 Å². The Hall–Kier alpha value is -3.39. The van der Waals surface area contributed by atoms with E-state index in [9.17, 15) is 9.59 Å². The number of thiazole rings is 1. The molecule has 2 heterocycles. The molecular weight excluding hydrogens is 376 g/mol. The van der Waals surface area contributed by atoms with Crippen molar-refractivity contribution in [1.82, 2.24) is 14.5 Å². The van der Waals surface area contributed by atoms with Crippen LogP contribution in [0.15, 0.2) is 59.7 Å². The second-order valence-corrected chi connectivity index (χ2v) is 6.91. The minimum absolute atomic E-state index is 0.0205. The predicted octanol–water partition coefficient (Wildman–Crippen LogP) is 2.95. The summed E-state index contributed by atoms with van der Waals surface area (Å²) >= 11 is 1.33. The van der Waals surface area contributed by atoms with Crippen molar-refractivity contribution in [2.24, 2.45) is 4.99 Å². The number of aromatic nitrogens is 3. The molecule has 8 heteroatoms. The van der Waals surface area contributed by atoms with Gasteiger partial charge in [0.1, 0.15) is 12.2 Å². The van der Waals surface area contributed by atoms with Crippen LogP contribution in [0.1, 0.15) is 17.4 Å². The number of carbonyl (C=O) groups is 2. The SMILES string of the molecule is CCOC(=O)Cn1c(=NC(=O)c2cnc3ccccc3n2)sc2ccccc21. The van der Waals surface area contributed by atoms with Crippen LogP contribution < -0.4 is 4.80 Å². The van der Waals surface area contributed by atoms with Crippen LogP contribution >= 0.6 is 11.3 Å². The lowest BCUT2D eigenvalue weighted by Gasteiger charge is -2.05. The number of para-hydroxylation sites is 3. The second kappa shape index (κ2) is 7.69. The molecule has 28 heavy (non-hydrogen) atoms. The molecule has 2 aromatic heterocycles. The van der Waals surface area contributed by atoms with Gasteiger partial charge in [0, 0.05) is 0 Å². The first-order chi connectivity index (χ1) is 13.7. The summed E-state index contributed by atoms with van der Waals surface area (Å²) in [6.45, 7) is 2.02. The summed E-state index contributed by atoms with van der Waals surface area (Å²) in [4.78, 5) is 38.0. The topological polar surface area (TPSA) is 86.4 Å². The molecule has 0 saturated carbocycles. The van der Waals surface area contributed by atoms with E-state index < -0.39 is 5.91 Å². The first-order valence-corrected chi connectivity index (χ1v) is 9.52. The zero-order valence-electron chi connectivity index (χ0n) is 15.0. The molecule has 0 aliphatic rings. The molecule has 0 saturated heterocycles. The molecule has 0 N–H and O–H groups in total. The molecule has 0 unspecified atom stereocenters. The Morgan fingerprint density at radius 3 is 2.68 bits per heavy atom. The maximum Gasteiger partial charge on any atom is 0.326 e. The third kappa shape index (κ3) is 3.54. The van der Waals surface area contributed by atoms with E-state index in [1.807, 2.05) is 42.5 Å². The van der Waals surface area contributed by atoms with Crippen LogP contribution in [0.4, 0.5) is 0 Å². The van der Waals surface area contributed by atoms with Gasteiger partial charge >= 0.3 is 5.97 Å². The average molecular weight is 392 g/mol. The molecular formula is C20H16N4O3S. The highest BCUT2D eigenvalue weighted by Gasteiger charge is 2.13. The number of amides is 1. The normalized spacial score (nSPS) is 11.8. The van der Waals surface area contributed by atoms with Crippen molar-refractivity contribution in [3.8, 4) is 0 Å². The van der Waals surface area contributed by atoms with Crippen molar-refractivity contribution >= 4 is 44.5 Å². The predicted molar refractivity (Wildman–Crippen MR) is 106 cm³/mol. The van der Waals surface area contributed by atoms with Gasteiger partial charge in [-0.1, -0.05) is 35.6 Å². The van der Waals surface area contributed by atoms with Gasteiger partial charge < -0.3 is 9.30 Å². The third-order valence-electron chi connectivity index (χ3n) is 4.05. The molecule has 7 nitrogen and oxygen atoms in total. The Balaban J connectivity index is 1.78. The van der Waals surface area contributed by atoms with Crippen molar-refractivity contribution < 1.29 is 14.3 Å². The Bertz CT molecular complexity index is 1260. The van der Waals surface area contributed by atoms with Crippen LogP contribution in [0.5, 0.6) is 0 Å². The quantitative estimate of drug-likeness (QED) is 0.499. The smallest absolute Gasteiger partial charge is 0.326 e. The lowest BCUT2D eigenvalue weighted by atomic mass is 10.3. The standard InChI is InChI=1S/C20H16N4O3S/c1-2-27-18(25)12-24-16-9-5-6-10-17(16)28-20(24)23-19(26)15-11-21-13-7-3-4-8-14(13)22-15/h3-11H,2,12H2,1H3. The lowest BCUT2D eigenvalue weighted by Crippen LogP contribution is -2.23. The van der Waals surface area contributed by atoms with Crippen molar-refractivity contribution in [3.63, 3.8) is 0 Å². The molecule has 0 aliphatic heterocycles. The molecule has 0 fully saturated rings. The molecule has 140 valence electrons. The Kier molecular flexibility index (Phi) is 4.94. The van der Waals surface area contributed by atoms with Gasteiger partial charge in [-0.25, -0.2) is 4.98 Å². The second-order valence-electron chi connectivity index (χ2n) is 5.90. The van der Waals surface area contributed by atoms with Crippen molar-refractivity contribution in [3.05, 3.63) is 65.2 Å². The summed E-state index contributed by atoms with van der Waals surface area (Å²) in [5.41, 5.74) is 2.30. The number of esters is 1. The van der Waals surface area contributed by atoms with Gasteiger partial charge in [-0.05, 0) is 31.2 Å². The Labute approximate surface area is 164 Å². The summed E-state index contributed by atoms with van der Waals surface area (Å²) in [6.07, 6.45) is 1.41. The van der Waals surface area contributed by atoms with Crippen LogP contribution in [-0.2, 0) is 16.1 Å². The van der Waals surface area contributed by atoms with E-state index in [0.29, 0.717) is 22.4 Å². The van der Waals surface area contributed by atoms with Gasteiger partial charge in [0.15, 0.2) is 4.80 Å². The summed E-state index contributed by atoms with van der Waals surface area (Å²) in [5, 5.41) is 0. The molecule has 0 aliphatic carbocycles. The van der Waals surface area contributed by atoms with Gasteiger partial charge in [-0.15, -0.1) is 0 Å². The van der Waals surface area contributed by atoms with Crippen LogP contribution in [0.3, 0.4) is 0 Å². The summed E-state index contributed by atoms with van der Waals surface area (Å²) < 4.78 is 7.66. The first-order valence-electron chi connectivity index (χ1n) is 8.70. The van der Waals surface area contributed by atoms with Gasteiger partial charge in [0.05, 0.1) is 34.1 Å². The molecule has 0 spiro atoms. The third-order valence-corrected chi connectivity index (χ3v) is 5.10. The number of ether oxygens (including phenoxy) is 1. The highest BCUT2D eigenvalue weighted by molar-refractivity contribution is 7.16. The number of hydrogen-bond acceptors (Lipinski definition) is 6. The minimum atomic E-state index is -0.512. The zero-order valence-corrected chi connectivity index (χ0v) is 15.8. The number of carbonyl (C=O) groups excluding carboxylic acids is 2. The number of hydrogen-bond donors (Lipinski definition) is 0. The number of fused-ring (bicyclic) bond motifs is 2. The minimum Gasteiger partial charge on any atom is -0.465 e. The molecule has 0 atom stereocenters. The fourth-order valence-corrected chi connectivity index (χ4v) is 3.83. The van der Waals surface area contributed by atoms with E-state index in [1.165, 1.54) is 17.5 Å². The maximum absolute atomic E-state index is 12.7. The highest BCUT2D eigenvalue weighted by atomic mass is 32.1. The molecule has 2 aromatic carbocycles. The van der Waals surface area contributed by atoms with Gasteiger partial charge in [-0.2, -0.15) is 4.99 Å². The van der Waals surface area contributed by atoms with E-state index in [-0.39, 0.29) is 18.2 Å². The van der Waals surface area contributed by atoms with E-state index in [4.69, 9.17) is 4.74 Å². The van der Waals surface area contributed by atoms with E-state index in [0.717, 1.165) is 10.2 Å². The lowest BCUT2D eigenvalue weighted by molar-refractivity contribution is -0.143. The largest absolute Gasteiger partial charge is 0.465 e. The molecule has 4 rings (SSSR count). The highest BCUT2D eigenvalue weighted by Crippen LogP contribution is 2.17. The van der Waals surface area contributed by atoms with Gasteiger partial charge in [0.2, 0.25) is 0 Å². The van der Waals surface area contributed by atoms with E-state index in [2.05, 4.69) is 15.0 Å². The monoisotopic (exact) mass is 392 g/mol. The molecule has 1 amide bonds. The first kappa shape index (κ1) is 18.0. The Morgan fingerprint density at radius 2 is 1.86 bits per heavy atom. The fourth-order valence-electron chi connectivity index (χ4n) is 2.80. The van der Waals surface area contributed by atoms with Crippen molar-refractivity contribution in [2.45, 2.75) is 13.5 Å². The fraction of sp³-hybridized carbons (Fsp3) is 0.150. The van der Waals surface area contributed by atoms with Crippen LogP contribution in [0, 0.1) is 0 Å². The van der Waals surface area contributed by atoms with Gasteiger partial charge in [-0.3, -0.25) is 14.6 Å². The summed E-state index contributed by atoms with van der Waals surface area (Å²) in [7, 11) is 0. The molecule has 4 aromatic rings. The summed E-state index contributed by atoms with van der Waals surface area (Å²) in [6, 6.07) is 14.9. The van der Waals surface area contributed by atoms with Gasteiger partial charge in [0.25, 0.3) is 5.91 Å². The van der Waals surface area contributed by atoms with Crippen molar-refractivity contribution in [1.29, 1.82) is 0 Å². The Morgan fingerprint density at radius 1 is 1.11 bits per heavy atom. The number of nitrogens with zero attached hydrogens (tertiary/aromatic N) is 4. The summed E-state index contributed by atoms with van der Waals surface area (Å²) in [5.74, 6) is -0.895. The van der Waals surface area contributed by atoms with E-state index >= 15 is 0 Å². The average Bonchev–Trinajstić information content (AvgIpc) is 3.05. The van der Waals surface area contributed by atoms with Crippen molar-refractivity contribution in [2.75, 3.05) is 6.61 Å². The van der Waals surface area contributed by atoms with Crippen LogP contribution in [0.25, 0.3) is 21.3 Å². The maximum atomic E-state index is 12.7. The van der Waals surface area contributed by atoms with E-state index in [1.54, 1.807) is 17.6 Å². The molecule has 0 radical (unpaired) electrons. The molecule has 0 bridgehead atoms. The number of rotatable bonds is 4.